The minimum absolute atomic E-state index is 0.0110. The maximum absolute atomic E-state index is 12.7. The highest BCUT2D eigenvalue weighted by atomic mass is 32.2. The molecule has 0 aliphatic rings. The Hall–Kier alpha value is -1.15. The summed E-state index contributed by atoms with van der Waals surface area (Å²) >= 11 is 0. The summed E-state index contributed by atoms with van der Waals surface area (Å²) in [4.78, 5) is 24.3. The van der Waals surface area contributed by atoms with Gasteiger partial charge in [0.25, 0.3) is 10.1 Å². The average molecular weight is 423 g/mol. The number of carbonyl (C=O) groups excluding carboxylic acids is 1. The maximum Gasteiger partial charge on any atom is 0.325 e. The first-order valence-electron chi connectivity index (χ1n) is 10.5. The predicted molar refractivity (Wildman–Crippen MR) is 109 cm³/mol. The molecule has 0 saturated heterocycles. The summed E-state index contributed by atoms with van der Waals surface area (Å²) < 4.78 is 38.2. The van der Waals surface area contributed by atoms with Crippen LogP contribution in [0.2, 0.25) is 0 Å². The van der Waals surface area contributed by atoms with Crippen LogP contribution in [0.25, 0.3) is 0 Å². The first-order chi connectivity index (χ1) is 13.1. The average Bonchev–Trinajstić information content (AvgIpc) is 2.62. The number of carboxylic acids is 1. The Bertz CT molecular complexity index is 559. The number of unbranched alkanes of at least 4 members (excludes halogenated alkanes) is 2. The summed E-state index contributed by atoms with van der Waals surface area (Å²) in [6, 6.07) is 0. The predicted octanol–water partition coefficient (Wildman–Crippen LogP) is 4.31. The number of carboxylic acid groups (broad SMARTS) is 1. The highest BCUT2D eigenvalue weighted by Crippen LogP contribution is 2.28. The molecule has 0 saturated carbocycles. The fourth-order valence-corrected chi connectivity index (χ4v) is 4.29. The van der Waals surface area contributed by atoms with Crippen LogP contribution >= 0.6 is 0 Å². The van der Waals surface area contributed by atoms with E-state index in [1.165, 1.54) is 0 Å². The van der Waals surface area contributed by atoms with Crippen LogP contribution in [0.5, 0.6) is 0 Å². The molecule has 0 bridgehead atoms. The molecule has 0 aliphatic heterocycles. The van der Waals surface area contributed by atoms with Gasteiger partial charge in [0.15, 0.2) is 5.25 Å². The number of carbonyl (C=O) groups is 2. The second kappa shape index (κ2) is 13.9. The molecule has 0 radical (unpaired) electrons. The van der Waals surface area contributed by atoms with Crippen LogP contribution in [-0.2, 0) is 24.4 Å². The van der Waals surface area contributed by atoms with Crippen molar-refractivity contribution in [3.63, 3.8) is 0 Å². The molecule has 0 spiro atoms. The Kier molecular flexibility index (Phi) is 13.4. The topological polar surface area (TPSA) is 118 Å². The van der Waals surface area contributed by atoms with Gasteiger partial charge in [0.2, 0.25) is 0 Å². The Balaban J connectivity index is 5.44. The van der Waals surface area contributed by atoms with Crippen molar-refractivity contribution in [2.75, 3.05) is 6.61 Å². The number of ether oxygens (including phenoxy) is 1. The smallest absolute Gasteiger partial charge is 0.325 e. The molecule has 0 aromatic heterocycles. The first kappa shape index (κ1) is 26.9. The van der Waals surface area contributed by atoms with Gasteiger partial charge in [-0.2, -0.15) is 8.42 Å². The third-order valence-corrected chi connectivity index (χ3v) is 6.54. The van der Waals surface area contributed by atoms with E-state index in [0.29, 0.717) is 6.42 Å². The van der Waals surface area contributed by atoms with Crippen molar-refractivity contribution in [3.05, 3.63) is 0 Å². The minimum Gasteiger partial charge on any atom is -0.480 e. The quantitative estimate of drug-likeness (QED) is 0.281. The van der Waals surface area contributed by atoms with Crippen LogP contribution in [0.15, 0.2) is 0 Å². The van der Waals surface area contributed by atoms with Crippen LogP contribution in [0.3, 0.4) is 0 Å². The van der Waals surface area contributed by atoms with Gasteiger partial charge in [-0.25, -0.2) is 0 Å². The van der Waals surface area contributed by atoms with Gasteiger partial charge < -0.3 is 9.84 Å². The molecule has 166 valence electrons. The molecule has 0 fully saturated rings. The van der Waals surface area contributed by atoms with Gasteiger partial charge in [0.05, 0.1) is 12.5 Å². The normalized spacial score (nSPS) is 16.2. The second-order valence-corrected chi connectivity index (χ2v) is 9.12. The molecular weight excluding hydrogens is 384 g/mol. The molecule has 2 N–H and O–H groups in total. The molecule has 4 unspecified atom stereocenters. The lowest BCUT2D eigenvalue weighted by Gasteiger charge is -2.25. The second-order valence-electron chi connectivity index (χ2n) is 7.58. The van der Waals surface area contributed by atoms with E-state index < -0.39 is 33.2 Å². The highest BCUT2D eigenvalue weighted by Gasteiger charge is 2.44. The molecule has 0 aliphatic carbocycles. The molecule has 28 heavy (non-hydrogen) atoms. The standard InChI is InChI=1S/C20H38O7S/c1-5-9-11-15(7-3)13-17(18(19(21)22)28(24,25)26)20(23)27-14-16(8-4)12-10-6-2/h15-18H,5-14H2,1-4H3,(H,21,22)(H,24,25,26). The Morgan fingerprint density at radius 3 is 1.82 bits per heavy atom. The lowest BCUT2D eigenvalue weighted by Crippen LogP contribution is -2.43. The summed E-state index contributed by atoms with van der Waals surface area (Å²) in [5.74, 6) is -3.86. The molecule has 0 aromatic carbocycles. The molecule has 7 nitrogen and oxygen atoms in total. The largest absolute Gasteiger partial charge is 0.480 e. The van der Waals surface area contributed by atoms with E-state index in [2.05, 4.69) is 6.92 Å². The van der Waals surface area contributed by atoms with E-state index in [1.807, 2.05) is 20.8 Å². The highest BCUT2D eigenvalue weighted by molar-refractivity contribution is 7.87. The van der Waals surface area contributed by atoms with E-state index in [9.17, 15) is 27.7 Å². The molecule has 0 amide bonds. The van der Waals surface area contributed by atoms with Crippen molar-refractivity contribution in [2.45, 2.75) is 90.7 Å². The zero-order valence-electron chi connectivity index (χ0n) is 17.7. The Morgan fingerprint density at radius 2 is 1.43 bits per heavy atom. The van der Waals surface area contributed by atoms with Crippen molar-refractivity contribution < 1.29 is 32.4 Å². The third kappa shape index (κ3) is 9.87. The Morgan fingerprint density at radius 1 is 0.929 bits per heavy atom. The van der Waals surface area contributed by atoms with Crippen molar-refractivity contribution in [3.8, 4) is 0 Å². The van der Waals surface area contributed by atoms with Gasteiger partial charge in [-0.3, -0.25) is 14.1 Å². The monoisotopic (exact) mass is 422 g/mol. The van der Waals surface area contributed by atoms with Gasteiger partial charge in [0, 0.05) is 0 Å². The van der Waals surface area contributed by atoms with Crippen molar-refractivity contribution in [1.82, 2.24) is 0 Å². The van der Waals surface area contributed by atoms with Crippen molar-refractivity contribution in [2.24, 2.45) is 17.8 Å². The van der Waals surface area contributed by atoms with E-state index >= 15 is 0 Å². The summed E-state index contributed by atoms with van der Waals surface area (Å²) in [5, 5.41) is 7.18. The van der Waals surface area contributed by atoms with Gasteiger partial charge in [-0.1, -0.05) is 72.6 Å². The summed E-state index contributed by atoms with van der Waals surface area (Å²) in [6.45, 7) is 8.14. The Labute approximate surface area is 170 Å². The summed E-state index contributed by atoms with van der Waals surface area (Å²) in [6.07, 6.45) is 7.09. The van der Waals surface area contributed by atoms with Crippen LogP contribution in [0.1, 0.15) is 85.5 Å². The minimum atomic E-state index is -4.94. The molecule has 0 rings (SSSR count). The van der Waals surface area contributed by atoms with Gasteiger partial charge >= 0.3 is 11.9 Å². The number of hydrogen-bond acceptors (Lipinski definition) is 5. The molecule has 8 heteroatoms. The third-order valence-electron chi connectivity index (χ3n) is 5.37. The number of rotatable bonds is 16. The van der Waals surface area contributed by atoms with E-state index in [4.69, 9.17) is 4.74 Å². The molecule has 4 atom stereocenters. The lowest BCUT2D eigenvalue weighted by molar-refractivity contribution is -0.154. The van der Waals surface area contributed by atoms with Crippen LogP contribution in [0.4, 0.5) is 0 Å². The van der Waals surface area contributed by atoms with Crippen molar-refractivity contribution in [1.29, 1.82) is 0 Å². The van der Waals surface area contributed by atoms with Crippen LogP contribution in [0, 0.1) is 17.8 Å². The molecular formula is C20H38O7S. The van der Waals surface area contributed by atoms with E-state index in [0.717, 1.165) is 44.9 Å². The number of esters is 1. The van der Waals surface area contributed by atoms with Gasteiger partial charge in [-0.05, 0) is 24.7 Å². The fraction of sp³-hybridized carbons (Fsp3) is 0.900. The van der Waals surface area contributed by atoms with E-state index in [-0.39, 0.29) is 24.9 Å². The number of hydrogen-bond donors (Lipinski definition) is 2. The fourth-order valence-electron chi connectivity index (χ4n) is 3.40. The lowest BCUT2D eigenvalue weighted by atomic mass is 9.86. The first-order valence-corrected chi connectivity index (χ1v) is 12.0. The molecule has 0 aromatic rings. The zero-order chi connectivity index (χ0) is 21.7. The summed E-state index contributed by atoms with van der Waals surface area (Å²) in [5.41, 5.74) is 0. The zero-order valence-corrected chi connectivity index (χ0v) is 18.5. The molecule has 0 heterocycles. The van der Waals surface area contributed by atoms with Crippen LogP contribution in [-0.4, -0.2) is 41.9 Å². The SMILES string of the molecule is CCCCC(CC)COC(=O)C(CC(CC)CCCC)C(C(=O)O)S(=O)(=O)O. The van der Waals surface area contributed by atoms with Gasteiger partial charge in [0.1, 0.15) is 0 Å². The van der Waals surface area contributed by atoms with Crippen molar-refractivity contribution >= 4 is 22.1 Å². The summed E-state index contributed by atoms with van der Waals surface area (Å²) in [7, 11) is -4.94. The maximum atomic E-state index is 12.7. The number of aliphatic carboxylic acids is 1. The van der Waals surface area contributed by atoms with E-state index in [1.54, 1.807) is 0 Å². The van der Waals surface area contributed by atoms with Gasteiger partial charge in [-0.15, -0.1) is 0 Å². The van der Waals surface area contributed by atoms with Crippen LogP contribution < -0.4 is 0 Å².